The number of anilines is 1. The molecule has 1 unspecified atom stereocenters. The fourth-order valence-corrected chi connectivity index (χ4v) is 3.50. The molecule has 5 nitrogen and oxygen atoms in total. The summed E-state index contributed by atoms with van der Waals surface area (Å²) in [6, 6.07) is 12.8. The van der Waals surface area contributed by atoms with Crippen molar-refractivity contribution in [1.29, 1.82) is 0 Å². The number of carbonyl (C=O) groups is 1. The topological polar surface area (TPSA) is 66.5 Å². The number of hydrogen-bond donors (Lipinski definition) is 1. The Morgan fingerprint density at radius 3 is 2.22 bits per heavy atom. The van der Waals surface area contributed by atoms with Crippen LogP contribution in [-0.4, -0.2) is 26.6 Å². The third-order valence-corrected chi connectivity index (χ3v) is 5.85. The van der Waals surface area contributed by atoms with Gasteiger partial charge in [0, 0.05) is 11.6 Å². The SMILES string of the molecule is CCC(C)NC(=O)c1ccc(CN(c2ccc(C)c(C)c2)S(C)(=O)=O)cc1. The van der Waals surface area contributed by atoms with Crippen LogP contribution in [0.15, 0.2) is 42.5 Å². The molecule has 1 amide bonds. The fraction of sp³-hybridized carbons (Fsp3) is 0.381. The number of hydrogen-bond acceptors (Lipinski definition) is 3. The van der Waals surface area contributed by atoms with E-state index in [2.05, 4.69) is 5.32 Å². The number of aryl methyl sites for hydroxylation is 2. The molecule has 2 rings (SSSR count). The van der Waals surface area contributed by atoms with E-state index in [1.54, 1.807) is 24.3 Å². The standard InChI is InChI=1S/C21H28N2O3S/c1-6-17(4)22-21(24)19-10-8-18(9-11-19)14-23(27(5,25)26)20-12-7-15(2)16(3)13-20/h7-13,17H,6,14H2,1-5H3,(H,22,24). The van der Waals surface area contributed by atoms with Crippen LogP contribution in [0, 0.1) is 13.8 Å². The zero-order chi connectivity index (χ0) is 20.2. The van der Waals surface area contributed by atoms with Crippen molar-refractivity contribution in [3.63, 3.8) is 0 Å². The molecule has 2 aromatic carbocycles. The molecule has 0 bridgehead atoms. The van der Waals surface area contributed by atoms with Crippen molar-refractivity contribution in [2.45, 2.75) is 46.7 Å². The molecule has 0 aliphatic carbocycles. The van der Waals surface area contributed by atoms with Gasteiger partial charge >= 0.3 is 0 Å². The van der Waals surface area contributed by atoms with E-state index >= 15 is 0 Å². The average Bonchev–Trinajstić information content (AvgIpc) is 2.61. The van der Waals surface area contributed by atoms with Crippen molar-refractivity contribution in [3.05, 3.63) is 64.7 Å². The van der Waals surface area contributed by atoms with Gasteiger partial charge < -0.3 is 5.32 Å². The van der Waals surface area contributed by atoms with E-state index < -0.39 is 10.0 Å². The molecular weight excluding hydrogens is 360 g/mol. The largest absolute Gasteiger partial charge is 0.350 e. The Bertz CT molecular complexity index is 906. The fourth-order valence-electron chi connectivity index (χ4n) is 2.62. The summed E-state index contributed by atoms with van der Waals surface area (Å²) in [4.78, 5) is 12.2. The molecule has 0 aliphatic rings. The third kappa shape index (κ3) is 5.57. The van der Waals surface area contributed by atoms with Crippen LogP contribution in [0.1, 0.15) is 47.3 Å². The molecule has 146 valence electrons. The van der Waals surface area contributed by atoms with Crippen molar-refractivity contribution in [1.82, 2.24) is 5.32 Å². The van der Waals surface area contributed by atoms with Gasteiger partial charge in [-0.15, -0.1) is 0 Å². The number of nitrogens with one attached hydrogen (secondary N) is 1. The number of nitrogens with zero attached hydrogens (tertiary/aromatic N) is 1. The van der Waals surface area contributed by atoms with Crippen molar-refractivity contribution >= 4 is 21.6 Å². The van der Waals surface area contributed by atoms with E-state index in [-0.39, 0.29) is 18.5 Å². The molecule has 6 heteroatoms. The molecular formula is C21H28N2O3S. The minimum atomic E-state index is -3.44. The molecule has 0 aliphatic heterocycles. The first kappa shape index (κ1) is 21.0. The molecule has 0 saturated carbocycles. The van der Waals surface area contributed by atoms with E-state index in [9.17, 15) is 13.2 Å². The van der Waals surface area contributed by atoms with E-state index in [4.69, 9.17) is 0 Å². The second-order valence-corrected chi connectivity index (χ2v) is 8.92. The summed E-state index contributed by atoms with van der Waals surface area (Å²) in [6.07, 6.45) is 2.07. The lowest BCUT2D eigenvalue weighted by Gasteiger charge is -2.23. The number of sulfonamides is 1. The molecule has 1 N–H and O–H groups in total. The lowest BCUT2D eigenvalue weighted by Crippen LogP contribution is -2.32. The van der Waals surface area contributed by atoms with Crippen LogP contribution in [0.2, 0.25) is 0 Å². The van der Waals surface area contributed by atoms with Crippen LogP contribution in [0.3, 0.4) is 0 Å². The Hall–Kier alpha value is -2.34. The molecule has 0 aromatic heterocycles. The number of carbonyl (C=O) groups excluding carboxylic acids is 1. The summed E-state index contributed by atoms with van der Waals surface area (Å²) in [5.41, 5.74) is 4.18. The summed E-state index contributed by atoms with van der Waals surface area (Å²) in [5.74, 6) is -0.120. The van der Waals surface area contributed by atoms with Gasteiger partial charge in [0.25, 0.3) is 5.91 Å². The Morgan fingerprint density at radius 1 is 1.07 bits per heavy atom. The highest BCUT2D eigenvalue weighted by atomic mass is 32.2. The number of benzene rings is 2. The smallest absolute Gasteiger partial charge is 0.251 e. The van der Waals surface area contributed by atoms with Crippen molar-refractivity contribution < 1.29 is 13.2 Å². The average molecular weight is 389 g/mol. The summed E-state index contributed by atoms with van der Waals surface area (Å²) in [5, 5.41) is 2.92. The maximum atomic E-state index is 12.3. The van der Waals surface area contributed by atoms with Gasteiger partial charge in [-0.2, -0.15) is 0 Å². The first-order valence-corrected chi connectivity index (χ1v) is 10.9. The highest BCUT2D eigenvalue weighted by Gasteiger charge is 2.18. The van der Waals surface area contributed by atoms with Gasteiger partial charge in [-0.1, -0.05) is 25.1 Å². The summed E-state index contributed by atoms with van der Waals surface area (Å²) in [7, 11) is -3.44. The zero-order valence-corrected chi connectivity index (χ0v) is 17.4. The molecule has 0 radical (unpaired) electrons. The van der Waals surface area contributed by atoms with Crippen LogP contribution in [0.25, 0.3) is 0 Å². The van der Waals surface area contributed by atoms with Gasteiger partial charge in [-0.05, 0) is 68.1 Å². The normalized spacial score (nSPS) is 12.5. The quantitative estimate of drug-likeness (QED) is 0.785. The predicted molar refractivity (Wildman–Crippen MR) is 111 cm³/mol. The van der Waals surface area contributed by atoms with Gasteiger partial charge in [0.15, 0.2) is 0 Å². The van der Waals surface area contributed by atoms with Gasteiger partial charge in [0.1, 0.15) is 0 Å². The van der Waals surface area contributed by atoms with Crippen molar-refractivity contribution in [3.8, 4) is 0 Å². The van der Waals surface area contributed by atoms with Gasteiger partial charge in [-0.3, -0.25) is 9.10 Å². The van der Waals surface area contributed by atoms with E-state index in [1.807, 2.05) is 45.9 Å². The van der Waals surface area contributed by atoms with E-state index in [0.717, 1.165) is 23.1 Å². The van der Waals surface area contributed by atoms with Crippen LogP contribution in [0.5, 0.6) is 0 Å². The van der Waals surface area contributed by atoms with Crippen LogP contribution in [0.4, 0.5) is 5.69 Å². The molecule has 0 saturated heterocycles. The predicted octanol–water partition coefficient (Wildman–Crippen LogP) is 3.80. The lowest BCUT2D eigenvalue weighted by molar-refractivity contribution is 0.0939. The van der Waals surface area contributed by atoms with Crippen LogP contribution < -0.4 is 9.62 Å². The van der Waals surface area contributed by atoms with Gasteiger partial charge in [-0.25, -0.2) is 8.42 Å². The van der Waals surface area contributed by atoms with Gasteiger partial charge in [0.05, 0.1) is 18.5 Å². The highest BCUT2D eigenvalue weighted by molar-refractivity contribution is 7.92. The summed E-state index contributed by atoms with van der Waals surface area (Å²) >= 11 is 0. The maximum Gasteiger partial charge on any atom is 0.251 e. The molecule has 1 atom stereocenters. The van der Waals surface area contributed by atoms with Crippen molar-refractivity contribution in [2.24, 2.45) is 0 Å². The number of rotatable bonds is 7. The molecule has 0 fully saturated rings. The molecule has 0 heterocycles. The zero-order valence-electron chi connectivity index (χ0n) is 16.6. The molecule has 2 aromatic rings. The first-order chi connectivity index (χ1) is 12.6. The molecule has 0 spiro atoms. The monoisotopic (exact) mass is 388 g/mol. The Balaban J connectivity index is 2.23. The highest BCUT2D eigenvalue weighted by Crippen LogP contribution is 2.23. The minimum Gasteiger partial charge on any atom is -0.350 e. The molecule has 27 heavy (non-hydrogen) atoms. The van der Waals surface area contributed by atoms with Crippen molar-refractivity contribution in [2.75, 3.05) is 10.6 Å². The third-order valence-electron chi connectivity index (χ3n) is 4.71. The van der Waals surface area contributed by atoms with Crippen LogP contribution in [-0.2, 0) is 16.6 Å². The summed E-state index contributed by atoms with van der Waals surface area (Å²) < 4.78 is 26.0. The first-order valence-electron chi connectivity index (χ1n) is 9.06. The second-order valence-electron chi connectivity index (χ2n) is 7.02. The minimum absolute atomic E-state index is 0.114. The Morgan fingerprint density at radius 2 is 1.70 bits per heavy atom. The van der Waals surface area contributed by atoms with Gasteiger partial charge in [0.2, 0.25) is 10.0 Å². The van der Waals surface area contributed by atoms with E-state index in [0.29, 0.717) is 11.3 Å². The number of amides is 1. The Labute approximate surface area is 162 Å². The van der Waals surface area contributed by atoms with E-state index in [1.165, 1.54) is 10.6 Å². The van der Waals surface area contributed by atoms with Crippen LogP contribution >= 0.6 is 0 Å². The summed E-state index contributed by atoms with van der Waals surface area (Å²) in [6.45, 7) is 8.14. The Kier molecular flexibility index (Phi) is 6.65. The second kappa shape index (κ2) is 8.57. The maximum absolute atomic E-state index is 12.3. The lowest BCUT2D eigenvalue weighted by atomic mass is 10.1.